The van der Waals surface area contributed by atoms with Gasteiger partial charge in [0.2, 0.25) is 0 Å². The Morgan fingerprint density at radius 2 is 1.65 bits per heavy atom. The number of carbonyl (C=O) groups is 1. The maximum atomic E-state index is 13.3. The lowest BCUT2D eigenvalue weighted by Gasteiger charge is -2.16. The van der Waals surface area contributed by atoms with Crippen LogP contribution in [-0.2, 0) is 0 Å². The van der Waals surface area contributed by atoms with Crippen molar-refractivity contribution in [3.8, 4) is 17.0 Å². The van der Waals surface area contributed by atoms with E-state index < -0.39 is 6.10 Å². The molecule has 0 spiro atoms. The minimum Gasteiger partial charge on any atom is -0.479 e. The Labute approximate surface area is 194 Å². The summed E-state index contributed by atoms with van der Waals surface area (Å²) in [6, 6.07) is 26.4. The van der Waals surface area contributed by atoms with Gasteiger partial charge >= 0.3 is 0 Å². The second-order valence-corrected chi connectivity index (χ2v) is 8.67. The molecule has 7 heteroatoms. The normalized spacial score (nSPS) is 11.8. The fourth-order valence-electron chi connectivity index (χ4n) is 2.94. The Bertz CT molecular complexity index is 1200. The van der Waals surface area contributed by atoms with Crippen molar-refractivity contribution in [2.75, 3.05) is 0 Å². The molecule has 0 radical (unpaired) electrons. The summed E-state index contributed by atoms with van der Waals surface area (Å²) in [6.07, 6.45) is -0.808. The third-order valence-electron chi connectivity index (χ3n) is 4.47. The zero-order valence-electron chi connectivity index (χ0n) is 16.5. The van der Waals surface area contributed by atoms with Crippen LogP contribution in [0.25, 0.3) is 11.3 Å². The molecule has 4 aromatic rings. The fourth-order valence-corrected chi connectivity index (χ4v) is 4.31. The SMILES string of the molecule is CC(Oc1ccc(Cl)cc1Cl)C(=O)n1nc(-c2ccccc2)cc1Sc1ccccc1. The van der Waals surface area contributed by atoms with Crippen LogP contribution in [0.15, 0.2) is 94.9 Å². The molecular weight excluding hydrogens is 451 g/mol. The standard InChI is InChI=1S/C24H18Cl2N2O2S/c1-16(30-22-13-12-18(25)14-20(22)26)24(29)28-23(31-19-10-6-3-7-11-19)15-21(27-28)17-8-4-2-5-9-17/h2-16H,1H3. The zero-order chi connectivity index (χ0) is 21.8. The molecule has 1 atom stereocenters. The first-order chi connectivity index (χ1) is 15.0. The van der Waals surface area contributed by atoms with Gasteiger partial charge in [-0.25, -0.2) is 0 Å². The van der Waals surface area contributed by atoms with Gasteiger partial charge in [-0.15, -0.1) is 0 Å². The van der Waals surface area contributed by atoms with Gasteiger partial charge in [-0.2, -0.15) is 9.78 Å². The molecule has 0 bridgehead atoms. The van der Waals surface area contributed by atoms with Gasteiger partial charge in [0.05, 0.1) is 10.7 Å². The van der Waals surface area contributed by atoms with Crippen LogP contribution in [0.1, 0.15) is 11.7 Å². The van der Waals surface area contributed by atoms with Gasteiger partial charge in [-0.1, -0.05) is 83.5 Å². The third-order valence-corrected chi connectivity index (χ3v) is 6.00. The quantitative estimate of drug-likeness (QED) is 0.302. The summed E-state index contributed by atoms with van der Waals surface area (Å²) in [5.74, 6) is 0.0891. The first-order valence-electron chi connectivity index (χ1n) is 9.55. The first kappa shape index (κ1) is 21.5. The molecule has 4 nitrogen and oxygen atoms in total. The van der Waals surface area contributed by atoms with Gasteiger partial charge in [0, 0.05) is 15.5 Å². The van der Waals surface area contributed by atoms with Crippen molar-refractivity contribution >= 4 is 40.9 Å². The molecule has 0 aliphatic heterocycles. The van der Waals surface area contributed by atoms with Crippen LogP contribution in [0.2, 0.25) is 10.0 Å². The number of benzene rings is 3. The predicted molar refractivity (Wildman–Crippen MR) is 125 cm³/mol. The van der Waals surface area contributed by atoms with Crippen molar-refractivity contribution in [3.05, 3.63) is 95.0 Å². The van der Waals surface area contributed by atoms with Crippen LogP contribution in [-0.4, -0.2) is 21.8 Å². The Morgan fingerprint density at radius 1 is 0.968 bits per heavy atom. The van der Waals surface area contributed by atoms with Gasteiger partial charge in [-0.3, -0.25) is 4.79 Å². The summed E-state index contributed by atoms with van der Waals surface area (Å²) in [6.45, 7) is 1.67. The molecular formula is C24H18Cl2N2O2S. The van der Waals surface area contributed by atoms with Crippen molar-refractivity contribution in [1.82, 2.24) is 9.78 Å². The van der Waals surface area contributed by atoms with Crippen LogP contribution in [0, 0.1) is 0 Å². The highest BCUT2D eigenvalue weighted by Gasteiger charge is 2.23. The van der Waals surface area contributed by atoms with E-state index >= 15 is 0 Å². The molecule has 0 fully saturated rings. The van der Waals surface area contributed by atoms with E-state index in [1.165, 1.54) is 16.4 Å². The Hall–Kier alpha value is -2.73. The lowest BCUT2D eigenvalue weighted by Crippen LogP contribution is -2.30. The van der Waals surface area contributed by atoms with Crippen LogP contribution in [0.3, 0.4) is 0 Å². The number of aromatic nitrogens is 2. The van der Waals surface area contributed by atoms with E-state index in [2.05, 4.69) is 5.10 Å². The minimum absolute atomic E-state index is 0.299. The van der Waals surface area contributed by atoms with Gasteiger partial charge in [0.15, 0.2) is 6.10 Å². The molecule has 0 aliphatic carbocycles. The number of hydrogen-bond acceptors (Lipinski definition) is 4. The van der Waals surface area contributed by atoms with Crippen molar-refractivity contribution in [2.45, 2.75) is 22.9 Å². The maximum Gasteiger partial charge on any atom is 0.288 e. The molecule has 1 aromatic heterocycles. The number of hydrogen-bond donors (Lipinski definition) is 0. The second-order valence-electron chi connectivity index (χ2n) is 6.73. The topological polar surface area (TPSA) is 44.1 Å². The van der Waals surface area contributed by atoms with Crippen molar-refractivity contribution < 1.29 is 9.53 Å². The molecule has 0 N–H and O–H groups in total. The average molecular weight is 469 g/mol. The fraction of sp³-hybridized carbons (Fsp3) is 0.0833. The van der Waals surface area contributed by atoms with Gasteiger partial charge in [0.1, 0.15) is 10.8 Å². The number of ether oxygens (including phenoxy) is 1. The summed E-state index contributed by atoms with van der Waals surface area (Å²) < 4.78 is 7.22. The van der Waals surface area contributed by atoms with E-state index in [0.717, 1.165) is 10.5 Å². The predicted octanol–water partition coefficient (Wildman–Crippen LogP) is 7.12. The average Bonchev–Trinajstić information content (AvgIpc) is 3.20. The van der Waals surface area contributed by atoms with E-state index in [1.807, 2.05) is 66.7 Å². The Morgan fingerprint density at radius 3 is 2.32 bits per heavy atom. The minimum atomic E-state index is -0.808. The molecule has 1 heterocycles. The highest BCUT2D eigenvalue weighted by atomic mass is 35.5. The largest absolute Gasteiger partial charge is 0.479 e. The molecule has 0 saturated heterocycles. The first-order valence-corrected chi connectivity index (χ1v) is 11.1. The lowest BCUT2D eigenvalue weighted by atomic mass is 10.2. The van der Waals surface area contributed by atoms with Crippen molar-refractivity contribution in [1.29, 1.82) is 0 Å². The lowest BCUT2D eigenvalue weighted by molar-refractivity contribution is 0.0699. The summed E-state index contributed by atoms with van der Waals surface area (Å²) in [7, 11) is 0. The highest BCUT2D eigenvalue weighted by molar-refractivity contribution is 7.99. The molecule has 31 heavy (non-hydrogen) atoms. The monoisotopic (exact) mass is 468 g/mol. The molecule has 0 saturated carbocycles. The number of rotatable bonds is 6. The van der Waals surface area contributed by atoms with Crippen molar-refractivity contribution in [3.63, 3.8) is 0 Å². The van der Waals surface area contributed by atoms with E-state index in [9.17, 15) is 4.79 Å². The Kier molecular flexibility index (Phi) is 6.66. The summed E-state index contributed by atoms with van der Waals surface area (Å²) >= 11 is 13.6. The van der Waals surface area contributed by atoms with E-state index in [4.69, 9.17) is 27.9 Å². The van der Waals surface area contributed by atoms with Gasteiger partial charge in [0.25, 0.3) is 5.91 Å². The third kappa shape index (κ3) is 5.13. The van der Waals surface area contributed by atoms with Crippen LogP contribution < -0.4 is 4.74 Å². The van der Waals surface area contributed by atoms with Crippen LogP contribution >= 0.6 is 35.0 Å². The molecule has 0 aliphatic rings. The summed E-state index contributed by atoms with van der Waals surface area (Å²) in [4.78, 5) is 14.3. The van der Waals surface area contributed by atoms with E-state index in [-0.39, 0.29) is 5.91 Å². The molecule has 1 unspecified atom stereocenters. The van der Waals surface area contributed by atoms with Crippen molar-refractivity contribution in [2.24, 2.45) is 0 Å². The maximum absolute atomic E-state index is 13.3. The number of nitrogens with zero attached hydrogens (tertiary/aromatic N) is 2. The zero-order valence-corrected chi connectivity index (χ0v) is 18.9. The number of carbonyl (C=O) groups excluding carboxylic acids is 1. The smallest absolute Gasteiger partial charge is 0.288 e. The van der Waals surface area contributed by atoms with E-state index in [0.29, 0.717) is 26.5 Å². The molecule has 156 valence electrons. The summed E-state index contributed by atoms with van der Waals surface area (Å²) in [5.41, 5.74) is 1.64. The summed E-state index contributed by atoms with van der Waals surface area (Å²) in [5, 5.41) is 6.13. The molecule has 0 amide bonds. The van der Waals surface area contributed by atoms with Gasteiger partial charge in [-0.05, 0) is 43.3 Å². The molecule has 3 aromatic carbocycles. The number of halogens is 2. The van der Waals surface area contributed by atoms with Crippen LogP contribution in [0.5, 0.6) is 5.75 Å². The molecule has 4 rings (SSSR count). The highest BCUT2D eigenvalue weighted by Crippen LogP contribution is 2.32. The van der Waals surface area contributed by atoms with Gasteiger partial charge < -0.3 is 4.74 Å². The Balaban J connectivity index is 1.66. The van der Waals surface area contributed by atoms with E-state index in [1.54, 1.807) is 25.1 Å². The second kappa shape index (κ2) is 9.60. The van der Waals surface area contributed by atoms with Crippen LogP contribution in [0.4, 0.5) is 0 Å².